The molecule has 2 aliphatic heterocycles. The largest absolute Gasteiger partial charge is 0.382 e. The predicted molar refractivity (Wildman–Crippen MR) is 119 cm³/mol. The number of likely N-dealkylation sites (tertiary alicyclic amines) is 2. The Morgan fingerprint density at radius 3 is 2.42 bits per heavy atom. The normalized spacial score (nSPS) is 19.9. The number of nitrogens with zero attached hydrogens (tertiary/aromatic N) is 2. The van der Waals surface area contributed by atoms with Crippen LogP contribution in [0.3, 0.4) is 0 Å². The zero-order valence-electron chi connectivity index (χ0n) is 18.0. The number of hydrogen-bond donors (Lipinski definition) is 1. The first-order chi connectivity index (χ1) is 15.0. The molecule has 0 radical (unpaired) electrons. The minimum absolute atomic E-state index is 0.126. The summed E-state index contributed by atoms with van der Waals surface area (Å²) in [5.74, 6) is -0.479. The quantitative estimate of drug-likeness (QED) is 0.806. The maximum Gasteiger partial charge on any atom is 0.253 e. The van der Waals surface area contributed by atoms with Crippen molar-refractivity contribution >= 4 is 17.5 Å². The summed E-state index contributed by atoms with van der Waals surface area (Å²) in [6.07, 6.45) is 3.47. The Kier molecular flexibility index (Phi) is 6.54. The molecule has 1 unspecified atom stereocenters. The highest BCUT2D eigenvalue weighted by Gasteiger charge is 2.33. The van der Waals surface area contributed by atoms with Crippen molar-refractivity contribution < 1.29 is 14.0 Å². The Balaban J connectivity index is 1.30. The van der Waals surface area contributed by atoms with Gasteiger partial charge in [0.2, 0.25) is 5.91 Å². The van der Waals surface area contributed by atoms with Crippen LogP contribution < -0.4 is 5.32 Å². The smallest absolute Gasteiger partial charge is 0.253 e. The lowest BCUT2D eigenvalue weighted by Crippen LogP contribution is -2.49. The van der Waals surface area contributed by atoms with Crippen molar-refractivity contribution in [2.24, 2.45) is 5.92 Å². The lowest BCUT2D eigenvalue weighted by atomic mass is 9.94. The monoisotopic (exact) mass is 423 g/mol. The van der Waals surface area contributed by atoms with E-state index in [9.17, 15) is 14.0 Å². The number of carbonyl (C=O) groups excluding carboxylic acids is 2. The van der Waals surface area contributed by atoms with Crippen molar-refractivity contribution in [3.05, 3.63) is 65.5 Å². The molecule has 2 saturated heterocycles. The number of benzene rings is 2. The summed E-state index contributed by atoms with van der Waals surface area (Å²) in [5, 5.41) is 3.59. The minimum atomic E-state index is -0.358. The first-order valence-electron chi connectivity index (χ1n) is 11.2. The molecule has 2 fully saturated rings. The number of amides is 2. The summed E-state index contributed by atoms with van der Waals surface area (Å²) in [6.45, 7) is 4.65. The third kappa shape index (κ3) is 5.24. The Hall–Kier alpha value is -2.89. The zero-order chi connectivity index (χ0) is 21.8. The van der Waals surface area contributed by atoms with Gasteiger partial charge in [-0.3, -0.25) is 9.59 Å². The highest BCUT2D eigenvalue weighted by atomic mass is 19.1. The van der Waals surface area contributed by atoms with Crippen LogP contribution in [-0.4, -0.2) is 53.8 Å². The van der Waals surface area contributed by atoms with Crippen LogP contribution in [0.25, 0.3) is 0 Å². The molecule has 2 heterocycles. The Morgan fingerprint density at radius 2 is 1.71 bits per heavy atom. The molecule has 0 aromatic heterocycles. The number of hydrogen-bond acceptors (Lipinski definition) is 3. The third-order valence-electron chi connectivity index (χ3n) is 6.34. The highest BCUT2D eigenvalue weighted by molar-refractivity contribution is 5.94. The van der Waals surface area contributed by atoms with Gasteiger partial charge in [-0.1, -0.05) is 12.1 Å². The third-order valence-corrected chi connectivity index (χ3v) is 6.34. The number of anilines is 1. The molecule has 1 N–H and O–H groups in total. The Bertz CT molecular complexity index is 923. The van der Waals surface area contributed by atoms with Crippen LogP contribution in [0.2, 0.25) is 0 Å². The molecule has 1 atom stereocenters. The number of carbonyl (C=O) groups is 2. The standard InChI is InChI=1S/C25H30FN3O2/c1-18-4-2-6-23(16-18)27-22-11-14-28(15-12-22)25(31)20-5-3-13-29(17-20)24(30)19-7-9-21(26)10-8-19/h2,4,6-10,16,20,22,27H,3,5,11-15,17H2,1H3. The molecular weight excluding hydrogens is 393 g/mol. The molecule has 164 valence electrons. The molecule has 0 spiro atoms. The van der Waals surface area contributed by atoms with Crippen molar-refractivity contribution in [2.75, 3.05) is 31.5 Å². The van der Waals surface area contributed by atoms with E-state index in [4.69, 9.17) is 0 Å². The van der Waals surface area contributed by atoms with E-state index < -0.39 is 0 Å². The predicted octanol–water partition coefficient (Wildman–Crippen LogP) is 4.09. The van der Waals surface area contributed by atoms with Gasteiger partial charge in [-0.05, 0) is 74.6 Å². The minimum Gasteiger partial charge on any atom is -0.382 e. The van der Waals surface area contributed by atoms with Gasteiger partial charge in [-0.15, -0.1) is 0 Å². The van der Waals surface area contributed by atoms with Crippen molar-refractivity contribution in [1.82, 2.24) is 9.80 Å². The van der Waals surface area contributed by atoms with Crippen LogP contribution in [0, 0.1) is 18.7 Å². The van der Waals surface area contributed by atoms with Crippen LogP contribution in [0.4, 0.5) is 10.1 Å². The maximum atomic E-state index is 13.2. The Morgan fingerprint density at radius 1 is 0.968 bits per heavy atom. The molecule has 5 nitrogen and oxygen atoms in total. The number of nitrogens with one attached hydrogen (secondary N) is 1. The van der Waals surface area contributed by atoms with E-state index in [2.05, 4.69) is 36.5 Å². The van der Waals surface area contributed by atoms with Gasteiger partial charge < -0.3 is 15.1 Å². The maximum absolute atomic E-state index is 13.2. The van der Waals surface area contributed by atoms with Crippen LogP contribution in [0.15, 0.2) is 48.5 Å². The molecule has 2 aromatic carbocycles. The number of piperidine rings is 2. The van der Waals surface area contributed by atoms with E-state index in [1.807, 2.05) is 4.90 Å². The van der Waals surface area contributed by atoms with Crippen molar-refractivity contribution in [1.29, 1.82) is 0 Å². The fraction of sp³-hybridized carbons (Fsp3) is 0.440. The molecule has 0 bridgehead atoms. The number of aryl methyl sites for hydroxylation is 1. The van der Waals surface area contributed by atoms with Crippen molar-refractivity contribution in [3.63, 3.8) is 0 Å². The van der Waals surface area contributed by atoms with Gasteiger partial charge in [-0.25, -0.2) is 4.39 Å². The molecule has 0 saturated carbocycles. The summed E-state index contributed by atoms with van der Waals surface area (Å²) in [4.78, 5) is 29.6. The molecule has 2 aliphatic rings. The molecule has 4 rings (SSSR count). The molecule has 0 aliphatic carbocycles. The average Bonchev–Trinajstić information content (AvgIpc) is 2.79. The van der Waals surface area contributed by atoms with Gasteiger partial charge in [0.1, 0.15) is 5.82 Å². The second kappa shape index (κ2) is 9.50. The second-order valence-electron chi connectivity index (χ2n) is 8.71. The first kappa shape index (κ1) is 21.3. The highest BCUT2D eigenvalue weighted by Crippen LogP contribution is 2.24. The topological polar surface area (TPSA) is 52.7 Å². The summed E-state index contributed by atoms with van der Waals surface area (Å²) < 4.78 is 13.2. The fourth-order valence-electron chi connectivity index (χ4n) is 4.61. The molecule has 31 heavy (non-hydrogen) atoms. The lowest BCUT2D eigenvalue weighted by molar-refractivity contribution is -0.137. The van der Waals surface area contributed by atoms with Gasteiger partial charge in [0.25, 0.3) is 5.91 Å². The van der Waals surface area contributed by atoms with E-state index in [1.165, 1.54) is 29.8 Å². The SMILES string of the molecule is Cc1cccc(NC2CCN(C(=O)C3CCCN(C(=O)c4ccc(F)cc4)C3)CC2)c1. The van der Waals surface area contributed by atoms with Gasteiger partial charge in [0.15, 0.2) is 0 Å². The summed E-state index contributed by atoms with van der Waals surface area (Å²) in [6, 6.07) is 14.4. The molecule has 2 aromatic rings. The van der Waals surface area contributed by atoms with E-state index in [0.29, 0.717) is 24.7 Å². The van der Waals surface area contributed by atoms with E-state index >= 15 is 0 Å². The van der Waals surface area contributed by atoms with E-state index in [0.717, 1.165) is 44.5 Å². The van der Waals surface area contributed by atoms with Crippen LogP contribution in [0.1, 0.15) is 41.6 Å². The first-order valence-corrected chi connectivity index (χ1v) is 11.2. The van der Waals surface area contributed by atoms with E-state index in [1.54, 1.807) is 4.90 Å². The molecular formula is C25H30FN3O2. The average molecular weight is 424 g/mol. The van der Waals surface area contributed by atoms with Crippen molar-refractivity contribution in [3.8, 4) is 0 Å². The van der Waals surface area contributed by atoms with Gasteiger partial charge >= 0.3 is 0 Å². The van der Waals surface area contributed by atoms with Crippen molar-refractivity contribution in [2.45, 2.75) is 38.6 Å². The van der Waals surface area contributed by atoms with Gasteiger partial charge in [0, 0.05) is 43.5 Å². The van der Waals surface area contributed by atoms with Crippen LogP contribution in [-0.2, 0) is 4.79 Å². The van der Waals surface area contributed by atoms with Crippen LogP contribution >= 0.6 is 0 Å². The zero-order valence-corrected chi connectivity index (χ0v) is 18.0. The summed E-state index contributed by atoms with van der Waals surface area (Å²) >= 11 is 0. The lowest BCUT2D eigenvalue weighted by Gasteiger charge is -2.38. The van der Waals surface area contributed by atoms with E-state index in [-0.39, 0.29) is 23.5 Å². The summed E-state index contributed by atoms with van der Waals surface area (Å²) in [7, 11) is 0. The second-order valence-corrected chi connectivity index (χ2v) is 8.71. The summed E-state index contributed by atoms with van der Waals surface area (Å²) in [5.41, 5.74) is 2.83. The van der Waals surface area contributed by atoms with Crippen LogP contribution in [0.5, 0.6) is 0 Å². The molecule has 6 heteroatoms. The number of halogens is 1. The van der Waals surface area contributed by atoms with Gasteiger partial charge in [0.05, 0.1) is 5.92 Å². The van der Waals surface area contributed by atoms with Gasteiger partial charge in [-0.2, -0.15) is 0 Å². The number of rotatable bonds is 4. The molecule has 2 amide bonds. The fourth-order valence-corrected chi connectivity index (χ4v) is 4.61. The Labute approximate surface area is 183 Å².